The number of hydrogen-bond acceptors (Lipinski definition) is 6. The molecule has 1 aromatic carbocycles. The minimum Gasteiger partial charge on any atom is -0.741 e. The third kappa shape index (κ3) is 7.89. The molecular formula is C13H14F6O6S3. The summed E-state index contributed by atoms with van der Waals surface area (Å²) in [7, 11) is -12.2. The first-order valence-corrected chi connectivity index (χ1v) is 11.5. The van der Waals surface area contributed by atoms with Crippen molar-refractivity contribution in [3.8, 4) is 0 Å². The summed E-state index contributed by atoms with van der Waals surface area (Å²) in [4.78, 5) is 0.448. The standard InChI is InChI=1S/C12H14F3O3S2.CHF3O3S/c1-9(19(2)3)11(10-7-5-4-6-8-10)18-20(16,17)12(13,14)15;2-1(3,4)8(5,6)7/h4-8H,1-3H3;(H,5,6,7)/q+1;/p-1/b11-9-;. The Balaban J connectivity index is 0.000000769. The molecule has 0 unspecified atom stereocenters. The maximum absolute atomic E-state index is 12.4. The second-order valence-corrected chi connectivity index (χ2v) is 10.1. The molecule has 162 valence electrons. The maximum atomic E-state index is 12.4. The zero-order chi connectivity index (χ0) is 22.6. The maximum Gasteiger partial charge on any atom is 0.534 e. The summed E-state index contributed by atoms with van der Waals surface area (Å²) in [6.45, 7) is 1.55. The molecule has 6 nitrogen and oxygen atoms in total. The largest absolute Gasteiger partial charge is 0.741 e. The third-order valence-corrected chi connectivity index (χ3v) is 5.66. The highest BCUT2D eigenvalue weighted by Crippen LogP contribution is 2.32. The molecule has 0 amide bonds. The van der Waals surface area contributed by atoms with Crippen molar-refractivity contribution in [2.24, 2.45) is 0 Å². The summed E-state index contributed by atoms with van der Waals surface area (Å²) in [5, 5.41) is 0. The molecule has 0 N–H and O–H groups in total. The molecule has 0 aliphatic carbocycles. The first kappa shape index (κ1) is 26.6. The highest BCUT2D eigenvalue weighted by Gasteiger charge is 2.49. The van der Waals surface area contributed by atoms with Crippen LogP contribution < -0.4 is 0 Å². The van der Waals surface area contributed by atoms with Gasteiger partial charge in [0.25, 0.3) is 0 Å². The van der Waals surface area contributed by atoms with Gasteiger partial charge < -0.3 is 8.74 Å². The molecule has 0 saturated heterocycles. The van der Waals surface area contributed by atoms with Gasteiger partial charge in [0, 0.05) is 23.4 Å². The van der Waals surface area contributed by atoms with Crippen molar-refractivity contribution in [3.05, 3.63) is 40.8 Å². The molecule has 1 aromatic rings. The van der Waals surface area contributed by atoms with Crippen LogP contribution in [0.1, 0.15) is 12.5 Å². The van der Waals surface area contributed by atoms with Crippen LogP contribution in [-0.2, 0) is 35.3 Å². The van der Waals surface area contributed by atoms with Gasteiger partial charge in [-0.3, -0.25) is 0 Å². The molecule has 28 heavy (non-hydrogen) atoms. The molecule has 0 fully saturated rings. The topological polar surface area (TPSA) is 101 Å². The molecule has 0 bridgehead atoms. The van der Waals surface area contributed by atoms with Gasteiger partial charge in [0.05, 0.1) is 0 Å². The van der Waals surface area contributed by atoms with Gasteiger partial charge in [-0.25, -0.2) is 8.42 Å². The number of benzene rings is 1. The minimum atomic E-state index is -6.09. The lowest BCUT2D eigenvalue weighted by Gasteiger charge is -2.13. The van der Waals surface area contributed by atoms with E-state index in [1.165, 1.54) is 12.1 Å². The number of allylic oxidation sites excluding steroid dienone is 1. The lowest BCUT2D eigenvalue weighted by molar-refractivity contribution is -0.0519. The Labute approximate surface area is 160 Å². The van der Waals surface area contributed by atoms with E-state index in [0.717, 1.165) is 0 Å². The summed E-state index contributed by atoms with van der Waals surface area (Å²) in [5.74, 6) is -0.267. The van der Waals surface area contributed by atoms with E-state index < -0.39 is 42.1 Å². The molecule has 0 aromatic heterocycles. The highest BCUT2D eigenvalue weighted by molar-refractivity contribution is 7.99. The van der Waals surface area contributed by atoms with E-state index in [-0.39, 0.29) is 5.76 Å². The normalized spacial score (nSPS) is 14.1. The molecule has 0 aliphatic heterocycles. The fourth-order valence-corrected chi connectivity index (χ4v) is 2.36. The van der Waals surface area contributed by atoms with Gasteiger partial charge in [0.2, 0.25) is 0 Å². The Morgan fingerprint density at radius 3 is 1.61 bits per heavy atom. The van der Waals surface area contributed by atoms with Crippen LogP contribution in [0.25, 0.3) is 5.76 Å². The lowest BCUT2D eigenvalue weighted by atomic mass is 10.2. The fraction of sp³-hybridized carbons (Fsp3) is 0.385. The van der Waals surface area contributed by atoms with Crippen LogP contribution in [0.15, 0.2) is 35.2 Å². The van der Waals surface area contributed by atoms with E-state index in [1.54, 1.807) is 37.6 Å². The van der Waals surface area contributed by atoms with Crippen molar-refractivity contribution in [3.63, 3.8) is 0 Å². The Kier molecular flexibility index (Phi) is 8.88. The van der Waals surface area contributed by atoms with Gasteiger partial charge in [0.1, 0.15) is 12.5 Å². The summed E-state index contributed by atoms with van der Waals surface area (Å²) < 4.78 is 123. The van der Waals surface area contributed by atoms with Crippen molar-refractivity contribution < 1.29 is 51.9 Å². The van der Waals surface area contributed by atoms with Gasteiger partial charge in [-0.15, -0.1) is 0 Å². The van der Waals surface area contributed by atoms with Crippen LogP contribution in [0.3, 0.4) is 0 Å². The highest BCUT2D eigenvalue weighted by atomic mass is 32.2. The van der Waals surface area contributed by atoms with Crippen LogP contribution in [0.2, 0.25) is 0 Å². The van der Waals surface area contributed by atoms with Gasteiger partial charge in [-0.1, -0.05) is 30.3 Å². The number of halogens is 6. The SMILES string of the molecule is C/C(=C(/OS(=O)(=O)C(F)(F)F)c1ccccc1)[S+](C)C.O=S(=O)([O-])C(F)(F)F. The molecule has 0 aliphatic rings. The Hall–Kier alpha value is -1.45. The Bertz CT molecular complexity index is 887. The summed E-state index contributed by atoms with van der Waals surface area (Å²) in [6.07, 6.45) is 3.53. The number of alkyl halides is 6. The third-order valence-electron chi connectivity index (χ3n) is 2.73. The van der Waals surface area contributed by atoms with E-state index in [1.807, 2.05) is 0 Å². The average Bonchev–Trinajstić information content (AvgIpc) is 2.50. The van der Waals surface area contributed by atoms with Crippen LogP contribution in [0.4, 0.5) is 26.3 Å². The molecule has 15 heteroatoms. The van der Waals surface area contributed by atoms with Crippen molar-refractivity contribution in [1.82, 2.24) is 0 Å². The van der Waals surface area contributed by atoms with Crippen molar-refractivity contribution >= 4 is 36.9 Å². The minimum absolute atomic E-state index is 0.267. The summed E-state index contributed by atoms with van der Waals surface area (Å²) >= 11 is 0. The molecule has 0 radical (unpaired) electrons. The fourth-order valence-electron chi connectivity index (χ4n) is 1.24. The van der Waals surface area contributed by atoms with Gasteiger partial charge in [0.15, 0.2) is 20.8 Å². The molecule has 0 heterocycles. The quantitative estimate of drug-likeness (QED) is 0.165. The zero-order valence-corrected chi connectivity index (χ0v) is 16.8. The van der Waals surface area contributed by atoms with Crippen molar-refractivity contribution in [2.45, 2.75) is 17.9 Å². The Morgan fingerprint density at radius 1 is 0.929 bits per heavy atom. The smallest absolute Gasteiger partial charge is 0.534 e. The number of rotatable bonds is 4. The molecule has 0 spiro atoms. The van der Waals surface area contributed by atoms with Crippen LogP contribution in [0.5, 0.6) is 0 Å². The summed E-state index contributed by atoms with van der Waals surface area (Å²) in [6, 6.07) is 7.85. The van der Waals surface area contributed by atoms with Crippen LogP contribution in [0, 0.1) is 0 Å². The van der Waals surface area contributed by atoms with E-state index in [9.17, 15) is 34.8 Å². The van der Waals surface area contributed by atoms with Crippen LogP contribution in [-0.4, -0.2) is 44.9 Å². The molecule has 1 rings (SSSR count). The lowest BCUT2D eigenvalue weighted by Crippen LogP contribution is -2.25. The van der Waals surface area contributed by atoms with Crippen LogP contribution >= 0.6 is 0 Å². The molecule has 0 atom stereocenters. The molecular weight excluding hydrogens is 462 g/mol. The number of hydrogen-bond donors (Lipinski definition) is 0. The Morgan fingerprint density at radius 2 is 1.32 bits per heavy atom. The van der Waals surface area contributed by atoms with E-state index in [0.29, 0.717) is 10.5 Å². The van der Waals surface area contributed by atoms with E-state index in [2.05, 4.69) is 4.18 Å². The van der Waals surface area contributed by atoms with Crippen molar-refractivity contribution in [2.75, 3.05) is 12.5 Å². The van der Waals surface area contributed by atoms with E-state index in [4.69, 9.17) is 13.0 Å². The monoisotopic (exact) mass is 476 g/mol. The van der Waals surface area contributed by atoms with Gasteiger partial charge in [-0.2, -0.15) is 34.8 Å². The van der Waals surface area contributed by atoms with Gasteiger partial charge in [-0.05, 0) is 0 Å². The predicted octanol–water partition coefficient (Wildman–Crippen LogP) is 3.17. The molecule has 0 saturated carbocycles. The van der Waals surface area contributed by atoms with E-state index >= 15 is 0 Å². The average molecular weight is 476 g/mol. The first-order chi connectivity index (χ1) is 12.3. The second kappa shape index (κ2) is 9.37. The summed E-state index contributed by atoms with van der Waals surface area (Å²) in [5.41, 5.74) is -10.8. The predicted molar refractivity (Wildman–Crippen MR) is 90.1 cm³/mol. The zero-order valence-electron chi connectivity index (χ0n) is 14.3. The first-order valence-electron chi connectivity index (χ1n) is 6.68. The van der Waals surface area contributed by atoms with Crippen molar-refractivity contribution in [1.29, 1.82) is 0 Å². The van der Waals surface area contributed by atoms with Gasteiger partial charge >= 0.3 is 21.1 Å². The second-order valence-electron chi connectivity index (χ2n) is 4.95.